The summed E-state index contributed by atoms with van der Waals surface area (Å²) in [5, 5.41) is 4.21. The van der Waals surface area contributed by atoms with Crippen molar-refractivity contribution in [2.45, 2.75) is 88.6 Å². The minimum absolute atomic E-state index is 0.303. The predicted molar refractivity (Wildman–Crippen MR) is 213 cm³/mol. The lowest BCUT2D eigenvalue weighted by Gasteiger charge is -2.38. The summed E-state index contributed by atoms with van der Waals surface area (Å²) in [6.45, 7) is 0. The van der Waals surface area contributed by atoms with Crippen molar-refractivity contribution in [2.75, 3.05) is 4.90 Å². The van der Waals surface area contributed by atoms with Crippen molar-refractivity contribution in [3.05, 3.63) is 160 Å². The Hall–Kier alpha value is -4.82. The quantitative estimate of drug-likeness (QED) is 0.180. The van der Waals surface area contributed by atoms with Crippen LogP contribution in [0, 0.1) is 0 Å². The predicted octanol–water partition coefficient (Wildman–Crippen LogP) is 11.1. The molecule has 0 amide bonds. The number of fused-ring (bicyclic) bond motifs is 3. The van der Waals surface area contributed by atoms with Crippen molar-refractivity contribution >= 4 is 39.9 Å². The maximum absolute atomic E-state index is 2.71. The van der Waals surface area contributed by atoms with Crippen LogP contribution in [0.1, 0.15) is 99.3 Å². The molecule has 3 aromatic carbocycles. The molecule has 2 heteroatoms. The first kappa shape index (κ1) is 31.2. The molecule has 0 bridgehead atoms. The largest absolute Gasteiger partial charge is 0.342 e. The van der Waals surface area contributed by atoms with Crippen LogP contribution in [-0.4, -0.2) is 10.6 Å². The van der Waals surface area contributed by atoms with Crippen LogP contribution in [0.5, 0.6) is 0 Å². The van der Waals surface area contributed by atoms with Gasteiger partial charge in [-0.2, -0.15) is 0 Å². The molecule has 250 valence electrons. The second-order valence-corrected chi connectivity index (χ2v) is 14.8. The highest BCUT2D eigenvalue weighted by molar-refractivity contribution is 5.87. The lowest BCUT2D eigenvalue weighted by molar-refractivity contribution is 0.571. The van der Waals surface area contributed by atoms with E-state index < -0.39 is 0 Å². The second kappa shape index (κ2) is 13.8. The van der Waals surface area contributed by atoms with E-state index in [1.165, 1.54) is 80.0 Å². The Morgan fingerprint density at radius 1 is 0.700 bits per heavy atom. The Morgan fingerprint density at radius 3 is 2.36 bits per heavy atom. The SMILES string of the molecule is C1=CCCC(N(c2ccc3c4c(n(C5C=CC(c6ccccc6)=CC5)c3c2)=CCCC=4)C2CC=C(c3ccc(C4C=CCCC4)cc3)CC2)=C1. The van der Waals surface area contributed by atoms with Crippen molar-refractivity contribution in [3.63, 3.8) is 0 Å². The maximum atomic E-state index is 2.71. The molecule has 1 heterocycles. The zero-order chi connectivity index (χ0) is 33.3. The van der Waals surface area contributed by atoms with Crippen molar-refractivity contribution in [2.24, 2.45) is 0 Å². The van der Waals surface area contributed by atoms with Gasteiger partial charge in [-0.3, -0.25) is 0 Å². The van der Waals surface area contributed by atoms with Gasteiger partial charge in [-0.1, -0.05) is 121 Å². The Balaban J connectivity index is 1.04. The molecule has 5 aliphatic rings. The van der Waals surface area contributed by atoms with Crippen molar-refractivity contribution < 1.29 is 0 Å². The summed E-state index contributed by atoms with van der Waals surface area (Å²) in [5.74, 6) is 0.589. The summed E-state index contributed by atoms with van der Waals surface area (Å²) in [4.78, 5) is 2.71. The number of allylic oxidation sites excluding steroid dienone is 11. The monoisotopic (exact) mass is 652 g/mol. The van der Waals surface area contributed by atoms with E-state index in [9.17, 15) is 0 Å². The van der Waals surface area contributed by atoms with E-state index in [0.717, 1.165) is 51.4 Å². The molecular weight excluding hydrogens is 605 g/mol. The smallest absolute Gasteiger partial charge is 0.0560 e. The van der Waals surface area contributed by atoms with Crippen LogP contribution < -0.4 is 15.5 Å². The number of nitrogens with zero attached hydrogens (tertiary/aromatic N) is 2. The first-order valence-electron chi connectivity index (χ1n) is 19.2. The zero-order valence-corrected chi connectivity index (χ0v) is 29.2. The molecule has 0 spiro atoms. The molecule has 3 atom stereocenters. The van der Waals surface area contributed by atoms with Gasteiger partial charge in [0.05, 0.1) is 11.6 Å². The zero-order valence-electron chi connectivity index (χ0n) is 29.2. The first-order chi connectivity index (χ1) is 24.8. The molecule has 0 fully saturated rings. The van der Waals surface area contributed by atoms with Crippen LogP contribution >= 0.6 is 0 Å². The van der Waals surface area contributed by atoms with Gasteiger partial charge in [0, 0.05) is 39.3 Å². The van der Waals surface area contributed by atoms with Crippen molar-refractivity contribution in [1.82, 2.24) is 4.57 Å². The van der Waals surface area contributed by atoms with E-state index in [-0.39, 0.29) is 0 Å². The van der Waals surface area contributed by atoms with Crippen LogP contribution in [0.4, 0.5) is 5.69 Å². The van der Waals surface area contributed by atoms with Gasteiger partial charge < -0.3 is 9.47 Å². The number of hydrogen-bond acceptors (Lipinski definition) is 1. The van der Waals surface area contributed by atoms with E-state index >= 15 is 0 Å². The lowest BCUT2D eigenvalue weighted by Crippen LogP contribution is -2.36. The molecule has 4 aromatic rings. The van der Waals surface area contributed by atoms with Crippen molar-refractivity contribution in [1.29, 1.82) is 0 Å². The highest BCUT2D eigenvalue weighted by Crippen LogP contribution is 2.38. The Kier molecular flexibility index (Phi) is 8.62. The van der Waals surface area contributed by atoms with Gasteiger partial charge in [0.25, 0.3) is 0 Å². The fourth-order valence-electron chi connectivity index (χ4n) is 9.12. The Labute approximate surface area is 297 Å². The van der Waals surface area contributed by atoms with E-state index in [1.54, 1.807) is 0 Å². The molecule has 5 aliphatic carbocycles. The molecule has 0 saturated carbocycles. The number of aromatic nitrogens is 1. The Morgan fingerprint density at radius 2 is 1.60 bits per heavy atom. The van der Waals surface area contributed by atoms with Crippen molar-refractivity contribution in [3.8, 4) is 0 Å². The first-order valence-corrected chi connectivity index (χ1v) is 19.2. The van der Waals surface area contributed by atoms with Gasteiger partial charge in [0.1, 0.15) is 0 Å². The highest BCUT2D eigenvalue weighted by Gasteiger charge is 2.27. The van der Waals surface area contributed by atoms with Gasteiger partial charge in [-0.05, 0) is 117 Å². The van der Waals surface area contributed by atoms with Gasteiger partial charge in [-0.25, -0.2) is 0 Å². The molecule has 50 heavy (non-hydrogen) atoms. The molecule has 1 aromatic heterocycles. The van der Waals surface area contributed by atoms with E-state index in [4.69, 9.17) is 0 Å². The summed E-state index contributed by atoms with van der Waals surface area (Å²) in [6.07, 6.45) is 39.1. The average molecular weight is 653 g/mol. The van der Waals surface area contributed by atoms with Crippen LogP contribution in [-0.2, 0) is 0 Å². The molecule has 3 unspecified atom stereocenters. The summed E-state index contributed by atoms with van der Waals surface area (Å²) in [6, 6.07) is 28.4. The van der Waals surface area contributed by atoms with E-state index in [1.807, 2.05) is 0 Å². The standard InChI is InChI=1S/C48H48N2/c1-4-12-35(13-5-1)37-20-22-38(23-21-37)40-24-28-42(29-25-40)49(41-16-8-3-9-17-41)44-32-33-46-45-18-10-11-19-47(45)50(48(46)34-44)43-30-26-39(27-31-43)36-14-6-2-7-15-36/h2-4,6-8,12,14-16,18-24,26-27,30,32-35,42-43H,1,5,9-11,13,17,25,28-29,31H2. The summed E-state index contributed by atoms with van der Waals surface area (Å²) < 4.78 is 2.65. The molecule has 9 rings (SSSR count). The minimum Gasteiger partial charge on any atom is -0.342 e. The highest BCUT2D eigenvalue weighted by atomic mass is 15.2. The minimum atomic E-state index is 0.303. The topological polar surface area (TPSA) is 8.17 Å². The van der Waals surface area contributed by atoms with E-state index in [0.29, 0.717) is 18.0 Å². The van der Waals surface area contributed by atoms with Crippen LogP contribution in [0.2, 0.25) is 0 Å². The molecule has 2 nitrogen and oxygen atoms in total. The fraction of sp³-hybridized carbons (Fsp3) is 0.292. The average Bonchev–Trinajstić information content (AvgIpc) is 3.53. The lowest BCUT2D eigenvalue weighted by atomic mass is 9.86. The normalized spacial score (nSPS) is 23.0. The van der Waals surface area contributed by atoms with Crippen LogP contribution in [0.3, 0.4) is 0 Å². The molecule has 0 saturated heterocycles. The third-order valence-corrected chi connectivity index (χ3v) is 11.7. The number of hydrogen-bond donors (Lipinski definition) is 0. The number of benzene rings is 3. The summed E-state index contributed by atoms with van der Waals surface area (Å²) >= 11 is 0. The maximum Gasteiger partial charge on any atom is 0.0560 e. The number of rotatable bonds is 7. The Bertz CT molecular complexity index is 2200. The van der Waals surface area contributed by atoms with Crippen LogP contribution in [0.25, 0.3) is 34.2 Å². The van der Waals surface area contributed by atoms with Gasteiger partial charge in [0.2, 0.25) is 0 Å². The van der Waals surface area contributed by atoms with Gasteiger partial charge >= 0.3 is 0 Å². The molecule has 0 aliphatic heterocycles. The third-order valence-electron chi connectivity index (χ3n) is 11.7. The summed E-state index contributed by atoms with van der Waals surface area (Å²) in [7, 11) is 0. The molecule has 0 radical (unpaired) electrons. The van der Waals surface area contributed by atoms with Gasteiger partial charge in [-0.15, -0.1) is 0 Å². The second-order valence-electron chi connectivity index (χ2n) is 14.8. The fourth-order valence-corrected chi connectivity index (χ4v) is 9.12. The number of anilines is 1. The van der Waals surface area contributed by atoms with E-state index in [2.05, 4.69) is 149 Å². The summed E-state index contributed by atoms with van der Waals surface area (Å²) in [5.41, 5.74) is 11.2. The molecular formula is C48H48N2. The van der Waals surface area contributed by atoms with Crippen LogP contribution in [0.15, 0.2) is 133 Å². The third kappa shape index (κ3) is 6.00. The van der Waals surface area contributed by atoms with Gasteiger partial charge in [0.15, 0.2) is 0 Å². The molecule has 0 N–H and O–H groups in total.